The first-order valence-electron chi connectivity index (χ1n) is 3.98. The summed E-state index contributed by atoms with van der Waals surface area (Å²) in [4.78, 5) is 0. The zero-order valence-corrected chi connectivity index (χ0v) is 8.49. The van der Waals surface area contributed by atoms with Gasteiger partial charge in [0.1, 0.15) is 0 Å². The number of halogens is 4. The van der Waals surface area contributed by atoms with Crippen LogP contribution in [0, 0.1) is 0 Å². The Bertz CT molecular complexity index is 145. The van der Waals surface area contributed by atoms with Crippen LogP contribution in [0.1, 0.15) is 0 Å². The summed E-state index contributed by atoms with van der Waals surface area (Å²) in [6.07, 6.45) is -4.57. The number of hydrogen-bond acceptors (Lipinski definition) is 3. The Kier molecular flexibility index (Phi) is 7.26. The lowest BCUT2D eigenvalue weighted by molar-refractivity contribution is -0.323. The molecule has 14 heavy (non-hydrogen) atoms. The third-order valence-corrected chi connectivity index (χ3v) is 1.73. The van der Waals surface area contributed by atoms with Crippen molar-refractivity contribution in [3.8, 4) is 0 Å². The van der Waals surface area contributed by atoms with Crippen LogP contribution in [-0.4, -0.2) is 45.2 Å². The summed E-state index contributed by atoms with van der Waals surface area (Å²) >= 11 is 5.51. The van der Waals surface area contributed by atoms with Gasteiger partial charge < -0.3 is 10.1 Å². The molecule has 0 radical (unpaired) electrons. The van der Waals surface area contributed by atoms with E-state index in [1.54, 1.807) is 0 Å². The molecule has 0 aromatic rings. The van der Waals surface area contributed by atoms with Gasteiger partial charge >= 0.3 is 6.36 Å². The van der Waals surface area contributed by atoms with E-state index in [0.29, 0.717) is 6.61 Å². The average molecular weight is 236 g/mol. The van der Waals surface area contributed by atoms with E-state index in [4.69, 9.17) is 16.3 Å². The number of rotatable bonds is 7. The third kappa shape index (κ3) is 8.55. The van der Waals surface area contributed by atoms with Crippen LogP contribution < -0.4 is 5.32 Å². The summed E-state index contributed by atoms with van der Waals surface area (Å²) in [6.45, 7) is 0.0103. The number of ether oxygens (including phenoxy) is 2. The van der Waals surface area contributed by atoms with Gasteiger partial charge in [-0.2, -0.15) is 0 Å². The summed E-state index contributed by atoms with van der Waals surface area (Å²) in [6, 6.07) is -0.154. The lowest BCUT2D eigenvalue weighted by Gasteiger charge is -2.15. The second-order valence-corrected chi connectivity index (χ2v) is 2.86. The van der Waals surface area contributed by atoms with Crippen LogP contribution >= 0.6 is 11.6 Å². The highest BCUT2D eigenvalue weighted by Crippen LogP contribution is 2.15. The van der Waals surface area contributed by atoms with E-state index < -0.39 is 13.0 Å². The standard InChI is InChI=1S/C7H13ClF3NO2/c1-13-5-6(4-8)12-2-3-14-7(9,10)11/h6,12H,2-5H2,1H3. The smallest absolute Gasteiger partial charge is 0.383 e. The van der Waals surface area contributed by atoms with E-state index in [1.165, 1.54) is 7.11 Å². The monoisotopic (exact) mass is 235 g/mol. The van der Waals surface area contributed by atoms with E-state index >= 15 is 0 Å². The maximum Gasteiger partial charge on any atom is 0.522 e. The lowest BCUT2D eigenvalue weighted by Crippen LogP contribution is -2.37. The van der Waals surface area contributed by atoms with Crippen molar-refractivity contribution in [3.05, 3.63) is 0 Å². The number of alkyl halides is 4. The van der Waals surface area contributed by atoms with Crippen LogP contribution in [0.25, 0.3) is 0 Å². The van der Waals surface area contributed by atoms with Gasteiger partial charge in [0.25, 0.3) is 0 Å². The fraction of sp³-hybridized carbons (Fsp3) is 1.00. The van der Waals surface area contributed by atoms with Gasteiger partial charge in [-0.25, -0.2) is 0 Å². The summed E-state index contributed by atoms with van der Waals surface area (Å²) in [7, 11) is 1.49. The molecule has 1 unspecified atom stereocenters. The molecule has 1 atom stereocenters. The van der Waals surface area contributed by atoms with E-state index in [2.05, 4.69) is 10.1 Å². The molecular weight excluding hydrogens is 223 g/mol. The number of nitrogens with one attached hydrogen (secondary N) is 1. The molecular formula is C7H13ClF3NO2. The molecule has 3 nitrogen and oxygen atoms in total. The first-order valence-corrected chi connectivity index (χ1v) is 4.52. The van der Waals surface area contributed by atoms with E-state index in [0.717, 1.165) is 0 Å². The van der Waals surface area contributed by atoms with Crippen LogP contribution in [0.15, 0.2) is 0 Å². The Morgan fingerprint density at radius 3 is 2.50 bits per heavy atom. The molecule has 0 bridgehead atoms. The maximum atomic E-state index is 11.5. The Hall–Kier alpha value is -0.0400. The second kappa shape index (κ2) is 7.28. The molecule has 0 saturated heterocycles. The quantitative estimate of drug-likeness (QED) is 0.534. The predicted octanol–water partition coefficient (Wildman–Crippen LogP) is 1.37. The molecule has 0 rings (SSSR count). The van der Waals surface area contributed by atoms with Crippen molar-refractivity contribution in [2.75, 3.05) is 32.7 Å². The van der Waals surface area contributed by atoms with E-state index in [-0.39, 0.29) is 18.5 Å². The summed E-state index contributed by atoms with van der Waals surface area (Å²) in [5, 5.41) is 2.76. The number of hydrogen-bond donors (Lipinski definition) is 1. The van der Waals surface area contributed by atoms with Crippen LogP contribution in [0.5, 0.6) is 0 Å². The maximum absolute atomic E-state index is 11.5. The summed E-state index contributed by atoms with van der Waals surface area (Å²) in [5.74, 6) is 0.278. The fourth-order valence-electron chi connectivity index (χ4n) is 0.789. The third-order valence-electron chi connectivity index (χ3n) is 1.35. The van der Waals surface area contributed by atoms with Gasteiger partial charge in [-0.1, -0.05) is 0 Å². The molecule has 0 spiro atoms. The number of methoxy groups -OCH3 is 1. The SMILES string of the molecule is COCC(CCl)NCCOC(F)(F)F. The zero-order chi connectivity index (χ0) is 11.0. The van der Waals surface area contributed by atoms with E-state index in [9.17, 15) is 13.2 Å². The van der Waals surface area contributed by atoms with Gasteiger partial charge in [0.15, 0.2) is 0 Å². The van der Waals surface area contributed by atoms with Crippen molar-refractivity contribution in [3.63, 3.8) is 0 Å². The zero-order valence-electron chi connectivity index (χ0n) is 7.73. The fourth-order valence-corrected chi connectivity index (χ4v) is 0.987. The van der Waals surface area contributed by atoms with Crippen molar-refractivity contribution < 1.29 is 22.6 Å². The average Bonchev–Trinajstić information content (AvgIpc) is 2.08. The highest BCUT2D eigenvalue weighted by atomic mass is 35.5. The Labute approximate surface area is 85.5 Å². The van der Waals surface area contributed by atoms with Crippen LogP contribution in [0.3, 0.4) is 0 Å². The minimum Gasteiger partial charge on any atom is -0.383 e. The molecule has 0 aliphatic rings. The normalized spacial score (nSPS) is 14.4. The van der Waals surface area contributed by atoms with E-state index in [1.807, 2.05) is 0 Å². The lowest BCUT2D eigenvalue weighted by atomic mass is 10.3. The van der Waals surface area contributed by atoms with Crippen molar-refractivity contribution in [2.45, 2.75) is 12.4 Å². The predicted molar refractivity (Wildman–Crippen MR) is 46.4 cm³/mol. The van der Waals surface area contributed by atoms with Crippen molar-refractivity contribution in [2.24, 2.45) is 0 Å². The van der Waals surface area contributed by atoms with Crippen molar-refractivity contribution in [1.29, 1.82) is 0 Å². The Balaban J connectivity index is 3.42. The van der Waals surface area contributed by atoms with Crippen molar-refractivity contribution in [1.82, 2.24) is 5.32 Å². The molecule has 0 heterocycles. The van der Waals surface area contributed by atoms with Gasteiger partial charge in [-0.05, 0) is 0 Å². The van der Waals surface area contributed by atoms with Crippen LogP contribution in [-0.2, 0) is 9.47 Å². The molecule has 0 aromatic heterocycles. The molecule has 0 fully saturated rings. The van der Waals surface area contributed by atoms with Gasteiger partial charge in [0.2, 0.25) is 0 Å². The minimum absolute atomic E-state index is 0.0836. The van der Waals surface area contributed by atoms with Gasteiger partial charge in [-0.15, -0.1) is 24.8 Å². The topological polar surface area (TPSA) is 30.5 Å². The van der Waals surface area contributed by atoms with Crippen LogP contribution in [0.2, 0.25) is 0 Å². The molecule has 86 valence electrons. The highest BCUT2D eigenvalue weighted by molar-refractivity contribution is 6.18. The Morgan fingerprint density at radius 2 is 2.07 bits per heavy atom. The molecule has 1 N–H and O–H groups in total. The molecule has 7 heteroatoms. The molecule has 0 aliphatic carbocycles. The first kappa shape index (κ1) is 14.0. The van der Waals surface area contributed by atoms with Gasteiger partial charge in [-0.3, -0.25) is 4.74 Å². The largest absolute Gasteiger partial charge is 0.522 e. The van der Waals surface area contributed by atoms with Crippen molar-refractivity contribution >= 4 is 11.6 Å². The van der Waals surface area contributed by atoms with Gasteiger partial charge in [0.05, 0.1) is 13.2 Å². The second-order valence-electron chi connectivity index (χ2n) is 2.55. The highest BCUT2D eigenvalue weighted by Gasteiger charge is 2.28. The molecule has 0 amide bonds. The first-order chi connectivity index (χ1) is 6.49. The van der Waals surface area contributed by atoms with Crippen LogP contribution in [0.4, 0.5) is 13.2 Å². The molecule has 0 saturated carbocycles. The molecule has 0 aromatic carbocycles. The summed E-state index contributed by atoms with van der Waals surface area (Å²) in [5.41, 5.74) is 0. The molecule has 0 aliphatic heterocycles. The summed E-state index contributed by atoms with van der Waals surface area (Å²) < 4.78 is 42.9. The van der Waals surface area contributed by atoms with Gasteiger partial charge in [0, 0.05) is 25.6 Å². The minimum atomic E-state index is -4.57. The Morgan fingerprint density at radius 1 is 1.43 bits per heavy atom.